The molecule has 0 saturated heterocycles. The normalized spacial score (nSPS) is 9.43. The van der Waals surface area contributed by atoms with Gasteiger partial charge in [0, 0.05) is 11.6 Å². The van der Waals surface area contributed by atoms with Gasteiger partial charge in [-0.2, -0.15) is 0 Å². The Kier molecular flexibility index (Phi) is 3.21. The summed E-state index contributed by atoms with van der Waals surface area (Å²) in [6.07, 6.45) is 1.77. The highest BCUT2D eigenvalue weighted by Crippen LogP contribution is 2.15. The minimum Gasteiger partial charge on any atom is -0.245 e. The van der Waals surface area contributed by atoms with Crippen molar-refractivity contribution in [3.05, 3.63) is 47.4 Å². The van der Waals surface area contributed by atoms with E-state index in [0.29, 0.717) is 0 Å². The summed E-state index contributed by atoms with van der Waals surface area (Å²) >= 11 is 3.14. The zero-order chi connectivity index (χ0) is 9.64. The lowest BCUT2D eigenvalue weighted by Crippen LogP contribution is -1.61. The fourth-order valence-corrected chi connectivity index (χ4v) is 2.01. The van der Waals surface area contributed by atoms with Gasteiger partial charge in [-0.1, -0.05) is 12.1 Å². The number of para-hydroxylation sites is 1. The average molecular weight is 220 g/mol. The predicted octanol–water partition coefficient (Wildman–Crippen LogP) is 3.44. The van der Waals surface area contributed by atoms with Crippen molar-refractivity contribution < 1.29 is 0 Å². The maximum absolute atomic E-state index is 4.14. The van der Waals surface area contributed by atoms with Crippen molar-refractivity contribution >= 4 is 33.1 Å². The average Bonchev–Trinajstić information content (AvgIpc) is 2.92. The maximum atomic E-state index is 4.14. The Hall–Kier alpha value is -1.26. The summed E-state index contributed by atoms with van der Waals surface area (Å²) in [5, 5.41) is 1.93. The Labute approximate surface area is 90.0 Å². The lowest BCUT2D eigenvalue weighted by Gasteiger charge is -1.80. The molecule has 0 bridgehead atoms. The van der Waals surface area contributed by atoms with Gasteiger partial charge in [-0.3, -0.25) is 0 Å². The van der Waals surface area contributed by atoms with Gasteiger partial charge in [0.25, 0.3) is 0 Å². The first-order chi connectivity index (χ1) is 6.97. The molecule has 2 heterocycles. The summed E-state index contributed by atoms with van der Waals surface area (Å²) in [4.78, 5) is 4.14. The number of nitrogens with zero attached hydrogens (tertiary/aromatic N) is 2. The van der Waals surface area contributed by atoms with Crippen molar-refractivity contribution in [3.63, 3.8) is 0 Å². The van der Waals surface area contributed by atoms with E-state index >= 15 is 0 Å². The Morgan fingerprint density at radius 1 is 1.07 bits per heavy atom. The van der Waals surface area contributed by atoms with E-state index < -0.39 is 0 Å². The minimum absolute atomic E-state index is 1.10. The molecule has 0 spiro atoms. The molecule has 14 heavy (non-hydrogen) atoms. The largest absolute Gasteiger partial charge is 0.245 e. The molecule has 0 amide bonds. The standard InChI is InChI=1S/C7H5NS.C3H3NS/c1-2-4-7-6(3-1)8-5-9-7;1-2-4-5-3-1/h1-5H;1-3H. The molecular weight excluding hydrogens is 212 g/mol. The quantitative estimate of drug-likeness (QED) is 0.580. The number of hydrogen-bond donors (Lipinski definition) is 0. The first kappa shape index (κ1) is 9.30. The fraction of sp³-hybridized carbons (Fsp3) is 0. The summed E-state index contributed by atoms with van der Waals surface area (Å²) in [6, 6.07) is 10.0. The number of aromatic nitrogens is 2. The zero-order valence-electron chi connectivity index (χ0n) is 7.33. The van der Waals surface area contributed by atoms with Gasteiger partial charge in [0.15, 0.2) is 0 Å². The summed E-state index contributed by atoms with van der Waals surface area (Å²) in [6.45, 7) is 0. The van der Waals surface area contributed by atoms with E-state index in [1.165, 1.54) is 16.2 Å². The van der Waals surface area contributed by atoms with Crippen molar-refractivity contribution in [2.45, 2.75) is 0 Å². The van der Waals surface area contributed by atoms with Crippen LogP contribution in [0.4, 0.5) is 0 Å². The van der Waals surface area contributed by atoms with Crippen LogP contribution in [0.3, 0.4) is 0 Å². The van der Waals surface area contributed by atoms with E-state index in [1.807, 2.05) is 35.2 Å². The SMILES string of the molecule is c1ccc2scnc2c1.c1cnsc1. The summed E-state index contributed by atoms with van der Waals surface area (Å²) in [7, 11) is 0. The molecule has 70 valence electrons. The highest BCUT2D eigenvalue weighted by Gasteiger charge is 1.89. The smallest absolute Gasteiger partial charge is 0.0812 e. The van der Waals surface area contributed by atoms with Gasteiger partial charge in [-0.05, 0) is 29.7 Å². The molecule has 0 N–H and O–H groups in total. The first-order valence-corrected chi connectivity index (χ1v) is 5.81. The topological polar surface area (TPSA) is 25.8 Å². The zero-order valence-corrected chi connectivity index (χ0v) is 8.96. The minimum atomic E-state index is 1.10. The van der Waals surface area contributed by atoms with Crippen LogP contribution in [-0.2, 0) is 0 Å². The van der Waals surface area contributed by atoms with Gasteiger partial charge in [-0.25, -0.2) is 9.36 Å². The van der Waals surface area contributed by atoms with Crippen LogP contribution in [0, 0.1) is 0 Å². The third kappa shape index (κ3) is 2.37. The van der Waals surface area contributed by atoms with E-state index in [4.69, 9.17) is 0 Å². The second-order valence-electron chi connectivity index (χ2n) is 2.51. The number of rotatable bonds is 0. The summed E-state index contributed by atoms with van der Waals surface area (Å²) in [5.74, 6) is 0. The second kappa shape index (κ2) is 4.83. The molecule has 4 heteroatoms. The van der Waals surface area contributed by atoms with Crippen LogP contribution < -0.4 is 0 Å². The van der Waals surface area contributed by atoms with E-state index in [9.17, 15) is 0 Å². The van der Waals surface area contributed by atoms with Gasteiger partial charge < -0.3 is 0 Å². The fourth-order valence-electron chi connectivity index (χ4n) is 0.979. The molecule has 3 rings (SSSR count). The van der Waals surface area contributed by atoms with Gasteiger partial charge >= 0.3 is 0 Å². The third-order valence-corrected chi connectivity index (χ3v) is 2.92. The van der Waals surface area contributed by atoms with E-state index in [2.05, 4.69) is 15.4 Å². The van der Waals surface area contributed by atoms with Crippen molar-refractivity contribution in [2.24, 2.45) is 0 Å². The monoisotopic (exact) mass is 220 g/mol. The molecule has 0 saturated carbocycles. The Morgan fingerprint density at radius 2 is 2.00 bits per heavy atom. The lowest BCUT2D eigenvalue weighted by molar-refractivity contribution is 1.50. The third-order valence-electron chi connectivity index (χ3n) is 1.58. The van der Waals surface area contributed by atoms with Crippen LogP contribution in [0.2, 0.25) is 0 Å². The summed E-state index contributed by atoms with van der Waals surface area (Å²) < 4.78 is 5.03. The Morgan fingerprint density at radius 3 is 2.64 bits per heavy atom. The Bertz CT molecular complexity index is 426. The Balaban J connectivity index is 0.000000128. The lowest BCUT2D eigenvalue weighted by atomic mass is 10.3. The molecule has 0 fully saturated rings. The van der Waals surface area contributed by atoms with Crippen molar-refractivity contribution in [2.75, 3.05) is 0 Å². The molecule has 0 aliphatic carbocycles. The van der Waals surface area contributed by atoms with Gasteiger partial charge in [0.05, 0.1) is 15.7 Å². The van der Waals surface area contributed by atoms with Crippen molar-refractivity contribution in [1.29, 1.82) is 0 Å². The van der Waals surface area contributed by atoms with Gasteiger partial charge in [-0.15, -0.1) is 11.3 Å². The molecule has 3 aromatic rings. The molecule has 0 unspecified atom stereocenters. The van der Waals surface area contributed by atoms with E-state index in [1.54, 1.807) is 17.5 Å². The molecule has 0 aliphatic heterocycles. The van der Waals surface area contributed by atoms with E-state index in [-0.39, 0.29) is 0 Å². The van der Waals surface area contributed by atoms with Crippen LogP contribution in [0.15, 0.2) is 47.4 Å². The number of benzene rings is 1. The van der Waals surface area contributed by atoms with Gasteiger partial charge in [0.1, 0.15) is 0 Å². The van der Waals surface area contributed by atoms with Crippen LogP contribution >= 0.6 is 22.9 Å². The van der Waals surface area contributed by atoms with Gasteiger partial charge in [0.2, 0.25) is 0 Å². The number of fused-ring (bicyclic) bond motifs is 1. The van der Waals surface area contributed by atoms with Crippen LogP contribution in [0.1, 0.15) is 0 Å². The van der Waals surface area contributed by atoms with E-state index in [0.717, 1.165) is 5.52 Å². The highest BCUT2D eigenvalue weighted by atomic mass is 32.1. The molecule has 0 atom stereocenters. The van der Waals surface area contributed by atoms with Crippen molar-refractivity contribution in [3.8, 4) is 0 Å². The highest BCUT2D eigenvalue weighted by molar-refractivity contribution is 7.16. The molecule has 0 aliphatic rings. The van der Waals surface area contributed by atoms with Crippen LogP contribution in [0.5, 0.6) is 0 Å². The van der Waals surface area contributed by atoms with Crippen LogP contribution in [-0.4, -0.2) is 9.36 Å². The first-order valence-electron chi connectivity index (χ1n) is 4.09. The predicted molar refractivity (Wildman–Crippen MR) is 61.7 cm³/mol. The molecule has 0 radical (unpaired) electrons. The number of hydrogen-bond acceptors (Lipinski definition) is 4. The molecule has 1 aromatic carbocycles. The molecular formula is C10H8N2S2. The molecule has 2 aromatic heterocycles. The van der Waals surface area contributed by atoms with Crippen molar-refractivity contribution in [1.82, 2.24) is 9.36 Å². The second-order valence-corrected chi connectivity index (χ2v) is 4.09. The maximum Gasteiger partial charge on any atom is 0.0812 e. The van der Waals surface area contributed by atoms with Crippen LogP contribution in [0.25, 0.3) is 10.2 Å². The summed E-state index contributed by atoms with van der Waals surface area (Å²) in [5.41, 5.74) is 2.97. The number of thiazole rings is 1. The molecule has 2 nitrogen and oxygen atoms in total.